The fraction of sp³-hybridized carbons (Fsp3) is 0.588. The summed E-state index contributed by atoms with van der Waals surface area (Å²) in [5, 5.41) is 4.74. The summed E-state index contributed by atoms with van der Waals surface area (Å²) < 4.78 is 54.3. The smallest absolute Gasteiger partial charge is 0.355 e. The van der Waals surface area contributed by atoms with Crippen LogP contribution in [-0.2, 0) is 4.79 Å². The van der Waals surface area contributed by atoms with Crippen LogP contribution in [0.5, 0.6) is 0 Å². The molecule has 0 saturated heterocycles. The van der Waals surface area contributed by atoms with Crippen LogP contribution in [0.15, 0.2) is 24.3 Å². The van der Waals surface area contributed by atoms with Gasteiger partial charge in [0, 0.05) is 13.0 Å². The van der Waals surface area contributed by atoms with E-state index in [1.54, 1.807) is 26.0 Å². The van der Waals surface area contributed by atoms with Gasteiger partial charge in [0.25, 0.3) is 0 Å². The molecule has 0 aromatic heterocycles. The molecule has 24 heavy (non-hydrogen) atoms. The third kappa shape index (κ3) is 6.47. The second kappa shape index (κ2) is 7.96. The Morgan fingerprint density at radius 1 is 1.12 bits per heavy atom. The molecule has 136 valence electrons. The van der Waals surface area contributed by atoms with Crippen molar-refractivity contribution in [1.82, 2.24) is 10.6 Å². The molecule has 1 rings (SSSR count). The zero-order valence-electron chi connectivity index (χ0n) is 14.3. The standard InChI is InChI=1S/C17H24F4N2O/c1-5-22-15(24)13(10-16(3,4)18)23-14(17(19,20)21)12-8-6-11(2)7-9-12/h6-9,13-14,23H,5,10H2,1-4H3,(H,22,24)/t13-,14-/m0/s1. The van der Waals surface area contributed by atoms with E-state index >= 15 is 0 Å². The lowest BCUT2D eigenvalue weighted by atomic mass is 9.97. The van der Waals surface area contributed by atoms with Gasteiger partial charge in [-0.15, -0.1) is 0 Å². The molecule has 0 fully saturated rings. The summed E-state index contributed by atoms with van der Waals surface area (Å²) in [6, 6.07) is 2.50. The highest BCUT2D eigenvalue weighted by Crippen LogP contribution is 2.34. The lowest BCUT2D eigenvalue weighted by Gasteiger charge is -2.29. The lowest BCUT2D eigenvalue weighted by Crippen LogP contribution is -2.51. The largest absolute Gasteiger partial charge is 0.407 e. The van der Waals surface area contributed by atoms with E-state index in [0.29, 0.717) is 0 Å². The Labute approximate surface area is 139 Å². The molecule has 0 bridgehead atoms. The maximum atomic E-state index is 13.9. The molecular formula is C17H24F4N2O. The molecule has 2 N–H and O–H groups in total. The predicted molar refractivity (Wildman–Crippen MR) is 85.4 cm³/mol. The highest BCUT2D eigenvalue weighted by molar-refractivity contribution is 5.81. The van der Waals surface area contributed by atoms with Gasteiger partial charge in [0.2, 0.25) is 5.91 Å². The monoisotopic (exact) mass is 348 g/mol. The molecule has 7 heteroatoms. The van der Waals surface area contributed by atoms with Crippen molar-refractivity contribution in [3.63, 3.8) is 0 Å². The zero-order valence-corrected chi connectivity index (χ0v) is 14.3. The number of rotatable bonds is 7. The molecule has 0 aliphatic heterocycles. The van der Waals surface area contributed by atoms with Crippen LogP contribution in [0.2, 0.25) is 0 Å². The van der Waals surface area contributed by atoms with Crippen molar-refractivity contribution >= 4 is 5.91 Å². The summed E-state index contributed by atoms with van der Waals surface area (Å²) in [6.07, 6.45) is -4.97. The minimum absolute atomic E-state index is 0.0148. The maximum absolute atomic E-state index is 13.9. The van der Waals surface area contributed by atoms with E-state index in [-0.39, 0.29) is 18.5 Å². The van der Waals surface area contributed by atoms with Gasteiger partial charge in [0.05, 0.1) is 6.04 Å². The summed E-state index contributed by atoms with van der Waals surface area (Å²) in [6.45, 7) is 6.13. The molecule has 2 atom stereocenters. The molecule has 0 radical (unpaired) electrons. The number of carbonyl (C=O) groups is 1. The molecule has 0 spiro atoms. The van der Waals surface area contributed by atoms with Gasteiger partial charge in [-0.2, -0.15) is 13.2 Å². The number of alkyl halides is 4. The van der Waals surface area contributed by atoms with E-state index in [2.05, 4.69) is 10.6 Å². The number of halogens is 4. The van der Waals surface area contributed by atoms with Crippen molar-refractivity contribution in [1.29, 1.82) is 0 Å². The Balaban J connectivity index is 3.11. The van der Waals surface area contributed by atoms with Crippen molar-refractivity contribution in [2.75, 3.05) is 6.54 Å². The van der Waals surface area contributed by atoms with Crippen LogP contribution in [-0.4, -0.2) is 30.3 Å². The first-order valence-corrected chi connectivity index (χ1v) is 7.80. The van der Waals surface area contributed by atoms with Crippen LogP contribution in [0.4, 0.5) is 17.6 Å². The second-order valence-corrected chi connectivity index (χ2v) is 6.42. The topological polar surface area (TPSA) is 41.1 Å². The zero-order chi connectivity index (χ0) is 18.5. The van der Waals surface area contributed by atoms with E-state index in [9.17, 15) is 22.4 Å². The van der Waals surface area contributed by atoms with E-state index in [1.165, 1.54) is 26.0 Å². The molecule has 0 aliphatic carbocycles. The highest BCUT2D eigenvalue weighted by atomic mass is 19.4. The summed E-state index contributed by atoms with van der Waals surface area (Å²) in [4.78, 5) is 12.1. The van der Waals surface area contributed by atoms with E-state index < -0.39 is 29.8 Å². The molecule has 1 aromatic rings. The molecule has 0 saturated carbocycles. The molecule has 0 unspecified atom stereocenters. The Kier molecular flexibility index (Phi) is 6.77. The first-order chi connectivity index (χ1) is 10.9. The Bertz CT molecular complexity index is 535. The van der Waals surface area contributed by atoms with Gasteiger partial charge in [-0.05, 0) is 33.3 Å². The van der Waals surface area contributed by atoms with Crippen molar-refractivity contribution < 1.29 is 22.4 Å². The Morgan fingerprint density at radius 2 is 1.67 bits per heavy atom. The number of hydrogen-bond acceptors (Lipinski definition) is 2. The third-order valence-electron chi connectivity index (χ3n) is 3.46. The van der Waals surface area contributed by atoms with E-state index in [4.69, 9.17) is 0 Å². The van der Waals surface area contributed by atoms with Crippen LogP contribution in [0, 0.1) is 6.92 Å². The maximum Gasteiger partial charge on any atom is 0.407 e. The number of likely N-dealkylation sites (N-methyl/N-ethyl adjacent to an activating group) is 1. The van der Waals surface area contributed by atoms with Crippen molar-refractivity contribution in [2.45, 2.75) is 58.0 Å². The molecule has 3 nitrogen and oxygen atoms in total. The van der Waals surface area contributed by atoms with Gasteiger partial charge in [-0.3, -0.25) is 10.1 Å². The number of amides is 1. The number of carbonyl (C=O) groups excluding carboxylic acids is 1. The van der Waals surface area contributed by atoms with E-state index in [0.717, 1.165) is 5.56 Å². The van der Waals surface area contributed by atoms with Gasteiger partial charge in [-0.1, -0.05) is 29.8 Å². The first-order valence-electron chi connectivity index (χ1n) is 7.80. The molecule has 0 heterocycles. The molecule has 1 amide bonds. The van der Waals surface area contributed by atoms with Gasteiger partial charge in [-0.25, -0.2) is 4.39 Å². The minimum atomic E-state index is -4.61. The van der Waals surface area contributed by atoms with Crippen LogP contribution in [0.1, 0.15) is 44.4 Å². The van der Waals surface area contributed by atoms with E-state index in [1.807, 2.05) is 0 Å². The van der Waals surface area contributed by atoms with Crippen molar-refractivity contribution in [3.05, 3.63) is 35.4 Å². The number of benzene rings is 1. The minimum Gasteiger partial charge on any atom is -0.355 e. The fourth-order valence-corrected chi connectivity index (χ4v) is 2.35. The average Bonchev–Trinajstić information content (AvgIpc) is 2.42. The van der Waals surface area contributed by atoms with Gasteiger partial charge < -0.3 is 5.32 Å². The van der Waals surface area contributed by atoms with Crippen molar-refractivity contribution in [2.24, 2.45) is 0 Å². The van der Waals surface area contributed by atoms with Crippen LogP contribution in [0.25, 0.3) is 0 Å². The third-order valence-corrected chi connectivity index (χ3v) is 3.46. The summed E-state index contributed by atoms with van der Waals surface area (Å²) in [5.74, 6) is -0.649. The summed E-state index contributed by atoms with van der Waals surface area (Å²) >= 11 is 0. The summed E-state index contributed by atoms with van der Waals surface area (Å²) in [5.41, 5.74) is -0.976. The highest BCUT2D eigenvalue weighted by Gasteiger charge is 2.43. The molecule has 0 aliphatic rings. The Hall–Kier alpha value is -1.63. The van der Waals surface area contributed by atoms with Gasteiger partial charge in [0.15, 0.2) is 0 Å². The van der Waals surface area contributed by atoms with Crippen LogP contribution >= 0.6 is 0 Å². The number of aryl methyl sites for hydroxylation is 1. The quantitative estimate of drug-likeness (QED) is 0.736. The van der Waals surface area contributed by atoms with Crippen LogP contribution < -0.4 is 10.6 Å². The average molecular weight is 348 g/mol. The second-order valence-electron chi connectivity index (χ2n) is 6.42. The van der Waals surface area contributed by atoms with Gasteiger partial charge >= 0.3 is 6.18 Å². The SMILES string of the molecule is CCNC(=O)[C@H](CC(C)(C)F)N[C@@H](c1ccc(C)cc1)C(F)(F)F. The summed E-state index contributed by atoms with van der Waals surface area (Å²) in [7, 11) is 0. The predicted octanol–water partition coefficient (Wildman–Crippen LogP) is 3.83. The number of nitrogens with one attached hydrogen (secondary N) is 2. The Morgan fingerprint density at radius 3 is 2.08 bits per heavy atom. The fourth-order valence-electron chi connectivity index (χ4n) is 2.35. The molecular weight excluding hydrogens is 324 g/mol. The van der Waals surface area contributed by atoms with Gasteiger partial charge in [0.1, 0.15) is 11.7 Å². The van der Waals surface area contributed by atoms with Crippen molar-refractivity contribution in [3.8, 4) is 0 Å². The molecule has 1 aromatic carbocycles. The lowest BCUT2D eigenvalue weighted by molar-refractivity contribution is -0.161. The normalized spacial score (nSPS) is 15.0. The first kappa shape index (κ1) is 20.4. The van der Waals surface area contributed by atoms with Crippen LogP contribution in [0.3, 0.4) is 0 Å². The number of hydrogen-bond donors (Lipinski definition) is 2.